The summed E-state index contributed by atoms with van der Waals surface area (Å²) in [6, 6.07) is 5.37. The fourth-order valence-electron chi connectivity index (χ4n) is 4.00. The lowest BCUT2D eigenvalue weighted by molar-refractivity contribution is -0.130. The predicted octanol–water partition coefficient (Wildman–Crippen LogP) is 2.77. The number of nitrogens with zero attached hydrogens (tertiary/aromatic N) is 1. The number of carbonyl (C=O) groups excluding carboxylic acids is 2. The number of nitrogens with one attached hydrogen (secondary N) is 1. The molecule has 0 saturated carbocycles. The van der Waals surface area contributed by atoms with Crippen LogP contribution >= 0.6 is 0 Å². The number of carbonyl (C=O) groups is 2. The van der Waals surface area contributed by atoms with Gasteiger partial charge in [0.1, 0.15) is 17.6 Å². The highest BCUT2D eigenvalue weighted by Crippen LogP contribution is 2.29. The summed E-state index contributed by atoms with van der Waals surface area (Å²) in [5.41, 5.74) is 0.233. The van der Waals surface area contributed by atoms with Crippen molar-refractivity contribution >= 4 is 11.8 Å². The van der Waals surface area contributed by atoms with Crippen LogP contribution in [0.5, 0.6) is 11.5 Å². The van der Waals surface area contributed by atoms with Gasteiger partial charge in [-0.15, -0.1) is 0 Å². The zero-order valence-electron chi connectivity index (χ0n) is 17.8. The van der Waals surface area contributed by atoms with Crippen LogP contribution in [0.2, 0.25) is 0 Å². The maximum Gasteiger partial charge on any atom is 0.255 e. The predicted molar refractivity (Wildman–Crippen MR) is 109 cm³/mol. The summed E-state index contributed by atoms with van der Waals surface area (Å²) in [7, 11) is 1.58. The molecule has 0 radical (unpaired) electrons. The molecule has 2 saturated heterocycles. The van der Waals surface area contributed by atoms with E-state index in [1.807, 2.05) is 18.7 Å². The summed E-state index contributed by atoms with van der Waals surface area (Å²) < 4.78 is 17.2. The minimum absolute atomic E-state index is 0.0208. The van der Waals surface area contributed by atoms with Gasteiger partial charge in [0.2, 0.25) is 5.91 Å². The van der Waals surface area contributed by atoms with Crippen molar-refractivity contribution in [1.29, 1.82) is 0 Å². The van der Waals surface area contributed by atoms with Crippen LogP contribution in [0.15, 0.2) is 18.2 Å². The fourth-order valence-corrected chi connectivity index (χ4v) is 4.00. The van der Waals surface area contributed by atoms with Crippen molar-refractivity contribution in [2.45, 2.75) is 64.2 Å². The summed E-state index contributed by atoms with van der Waals surface area (Å²) in [6.07, 6.45) is 3.04. The Bertz CT molecular complexity index is 741. The third-order valence-corrected chi connectivity index (χ3v) is 5.64. The molecule has 7 heteroatoms. The number of rotatable bonds is 5. The van der Waals surface area contributed by atoms with Crippen molar-refractivity contribution in [1.82, 2.24) is 10.2 Å². The molecule has 7 nitrogen and oxygen atoms in total. The van der Waals surface area contributed by atoms with Crippen LogP contribution < -0.4 is 14.8 Å². The zero-order valence-corrected chi connectivity index (χ0v) is 17.8. The van der Waals surface area contributed by atoms with Gasteiger partial charge in [0.25, 0.3) is 5.91 Å². The first-order chi connectivity index (χ1) is 13.8. The van der Waals surface area contributed by atoms with Gasteiger partial charge in [-0.1, -0.05) is 0 Å². The zero-order chi connectivity index (χ0) is 21.0. The molecule has 1 N–H and O–H groups in total. The second-order valence-corrected chi connectivity index (χ2v) is 8.46. The van der Waals surface area contributed by atoms with Crippen LogP contribution in [0.25, 0.3) is 0 Å². The Hall–Kier alpha value is -2.28. The van der Waals surface area contributed by atoms with Crippen molar-refractivity contribution < 1.29 is 23.8 Å². The average molecular weight is 405 g/mol. The highest BCUT2D eigenvalue weighted by molar-refractivity contribution is 5.97. The van der Waals surface area contributed by atoms with E-state index in [2.05, 4.69) is 5.32 Å². The lowest BCUT2D eigenvalue weighted by atomic mass is 9.93. The largest absolute Gasteiger partial charge is 0.497 e. The normalized spacial score (nSPS) is 22.1. The molecule has 1 unspecified atom stereocenters. The van der Waals surface area contributed by atoms with Gasteiger partial charge in [-0.25, -0.2) is 0 Å². The van der Waals surface area contributed by atoms with Gasteiger partial charge in [0.05, 0.1) is 18.3 Å². The third kappa shape index (κ3) is 5.63. The maximum atomic E-state index is 13.1. The number of piperidine rings is 1. The molecule has 0 aliphatic carbocycles. The highest BCUT2D eigenvalue weighted by Gasteiger charge is 2.31. The molecule has 2 aliphatic heterocycles. The molecule has 1 aromatic carbocycles. The number of ether oxygens (including phenoxy) is 3. The fraction of sp³-hybridized carbons (Fsp3) is 0.636. The molecule has 3 rings (SSSR count). The van der Waals surface area contributed by atoms with Gasteiger partial charge in [-0.05, 0) is 44.9 Å². The number of amides is 2. The molecule has 0 aromatic heterocycles. The maximum absolute atomic E-state index is 13.1. The van der Waals surface area contributed by atoms with Gasteiger partial charge in [-0.3, -0.25) is 9.59 Å². The SMILES string of the molecule is COc1ccc(OC2CCN(C(C)=O)CC2)c(C(=O)NC2CCOC(C)(C)C2)c1. The molecule has 0 bridgehead atoms. The molecular weight excluding hydrogens is 372 g/mol. The van der Waals surface area contributed by atoms with Crippen LogP contribution in [0.4, 0.5) is 0 Å². The molecule has 0 spiro atoms. The Labute approximate surface area is 172 Å². The van der Waals surface area contributed by atoms with Crippen LogP contribution in [0.3, 0.4) is 0 Å². The summed E-state index contributed by atoms with van der Waals surface area (Å²) in [5, 5.41) is 3.13. The summed E-state index contributed by atoms with van der Waals surface area (Å²) in [6.45, 7) is 7.65. The Morgan fingerprint density at radius 2 is 1.93 bits per heavy atom. The van der Waals surface area contributed by atoms with E-state index in [0.29, 0.717) is 36.8 Å². The van der Waals surface area contributed by atoms with Gasteiger partial charge in [0, 0.05) is 45.5 Å². The average Bonchev–Trinajstić information content (AvgIpc) is 2.68. The quantitative estimate of drug-likeness (QED) is 0.817. The Kier molecular flexibility index (Phi) is 6.67. The van der Waals surface area contributed by atoms with Gasteiger partial charge < -0.3 is 24.4 Å². The van der Waals surface area contributed by atoms with E-state index in [1.54, 1.807) is 32.2 Å². The molecule has 29 heavy (non-hydrogen) atoms. The molecule has 2 aliphatic rings. The van der Waals surface area contributed by atoms with E-state index in [1.165, 1.54) is 0 Å². The van der Waals surface area contributed by atoms with Gasteiger partial charge in [-0.2, -0.15) is 0 Å². The summed E-state index contributed by atoms with van der Waals surface area (Å²) in [4.78, 5) is 26.4. The minimum Gasteiger partial charge on any atom is -0.497 e. The molecule has 2 amide bonds. The molecular formula is C22H32N2O5. The molecule has 1 aromatic rings. The summed E-state index contributed by atoms with van der Waals surface area (Å²) >= 11 is 0. The number of methoxy groups -OCH3 is 1. The first-order valence-electron chi connectivity index (χ1n) is 10.3. The molecule has 1 atom stereocenters. The monoisotopic (exact) mass is 404 g/mol. The van der Waals surface area contributed by atoms with Gasteiger partial charge in [0.15, 0.2) is 0 Å². The number of hydrogen-bond acceptors (Lipinski definition) is 5. The van der Waals surface area contributed by atoms with Crippen molar-refractivity contribution in [3.63, 3.8) is 0 Å². The Morgan fingerprint density at radius 3 is 2.55 bits per heavy atom. The topological polar surface area (TPSA) is 77.1 Å². The van der Waals surface area contributed by atoms with Gasteiger partial charge >= 0.3 is 0 Å². The van der Waals surface area contributed by atoms with E-state index in [4.69, 9.17) is 14.2 Å². The van der Waals surface area contributed by atoms with E-state index in [9.17, 15) is 9.59 Å². The molecule has 2 heterocycles. The Balaban J connectivity index is 1.70. The van der Waals surface area contributed by atoms with E-state index < -0.39 is 0 Å². The number of hydrogen-bond donors (Lipinski definition) is 1. The number of benzene rings is 1. The van der Waals surface area contributed by atoms with Crippen LogP contribution in [-0.2, 0) is 9.53 Å². The first kappa shape index (κ1) is 21.4. The summed E-state index contributed by atoms with van der Waals surface area (Å²) in [5.74, 6) is 1.09. The minimum atomic E-state index is -0.241. The molecule has 2 fully saturated rings. The third-order valence-electron chi connectivity index (χ3n) is 5.64. The van der Waals surface area contributed by atoms with Crippen molar-refractivity contribution in [2.75, 3.05) is 26.8 Å². The van der Waals surface area contributed by atoms with Crippen LogP contribution in [0, 0.1) is 0 Å². The van der Waals surface area contributed by atoms with E-state index >= 15 is 0 Å². The van der Waals surface area contributed by atoms with Crippen LogP contribution in [0.1, 0.15) is 56.8 Å². The number of likely N-dealkylation sites (tertiary alicyclic amines) is 1. The lowest BCUT2D eigenvalue weighted by Crippen LogP contribution is -2.46. The second-order valence-electron chi connectivity index (χ2n) is 8.46. The first-order valence-corrected chi connectivity index (χ1v) is 10.3. The van der Waals surface area contributed by atoms with E-state index in [-0.39, 0.29) is 29.6 Å². The smallest absolute Gasteiger partial charge is 0.255 e. The Morgan fingerprint density at radius 1 is 1.21 bits per heavy atom. The van der Waals surface area contributed by atoms with Crippen molar-refractivity contribution in [3.8, 4) is 11.5 Å². The molecule has 160 valence electrons. The van der Waals surface area contributed by atoms with Crippen molar-refractivity contribution in [2.24, 2.45) is 0 Å². The van der Waals surface area contributed by atoms with E-state index in [0.717, 1.165) is 25.7 Å². The van der Waals surface area contributed by atoms with Crippen LogP contribution in [-0.4, -0.2) is 61.3 Å². The standard InChI is InChI=1S/C22H32N2O5/c1-15(25)24-10-7-17(8-11-24)29-20-6-5-18(27-4)13-19(20)21(26)23-16-9-12-28-22(2,3)14-16/h5-6,13,16-17H,7-12,14H2,1-4H3,(H,23,26). The van der Waals surface area contributed by atoms with Crippen molar-refractivity contribution in [3.05, 3.63) is 23.8 Å². The lowest BCUT2D eigenvalue weighted by Gasteiger charge is -2.36. The second kappa shape index (κ2) is 9.03. The highest BCUT2D eigenvalue weighted by atomic mass is 16.5.